The van der Waals surface area contributed by atoms with Gasteiger partial charge in [-0.25, -0.2) is 12.8 Å². The lowest BCUT2D eigenvalue weighted by Gasteiger charge is -2.38. The number of nitrogens with zero attached hydrogens (tertiary/aromatic N) is 1. The molecule has 112 valence electrons. The van der Waals surface area contributed by atoms with Crippen molar-refractivity contribution in [2.45, 2.75) is 56.6 Å². The Morgan fingerprint density at radius 2 is 1.90 bits per heavy atom. The van der Waals surface area contributed by atoms with Crippen LogP contribution < -0.4 is 5.73 Å². The maximum Gasteiger partial charge on any atom is 0.243 e. The van der Waals surface area contributed by atoms with E-state index < -0.39 is 15.8 Å². The monoisotopic (exact) mass is 300 g/mol. The number of halogens is 1. The summed E-state index contributed by atoms with van der Waals surface area (Å²) in [6.07, 6.45) is 2.68. The van der Waals surface area contributed by atoms with E-state index in [0.717, 1.165) is 19.3 Å². The summed E-state index contributed by atoms with van der Waals surface area (Å²) in [5.41, 5.74) is 5.59. The van der Waals surface area contributed by atoms with Crippen LogP contribution in [0, 0.1) is 5.82 Å². The van der Waals surface area contributed by atoms with Crippen LogP contribution in [0.25, 0.3) is 0 Å². The van der Waals surface area contributed by atoms with Crippen molar-refractivity contribution in [2.24, 2.45) is 5.73 Å². The average Bonchev–Trinajstić information content (AvgIpc) is 2.37. The maximum absolute atomic E-state index is 13.8. The predicted octanol–water partition coefficient (Wildman–Crippen LogP) is 2.24. The molecule has 1 aromatic carbocycles. The minimum Gasteiger partial charge on any atom is -0.326 e. The molecule has 2 N–H and O–H groups in total. The van der Waals surface area contributed by atoms with Crippen LogP contribution in [-0.2, 0) is 16.6 Å². The van der Waals surface area contributed by atoms with Crippen LogP contribution >= 0.6 is 0 Å². The van der Waals surface area contributed by atoms with Crippen LogP contribution in [0.15, 0.2) is 23.1 Å². The average molecular weight is 300 g/mol. The van der Waals surface area contributed by atoms with Crippen molar-refractivity contribution in [1.82, 2.24) is 4.31 Å². The lowest BCUT2D eigenvalue weighted by Crippen LogP contribution is -2.47. The van der Waals surface area contributed by atoms with Gasteiger partial charge in [-0.15, -0.1) is 0 Å². The third-order valence-electron chi connectivity index (χ3n) is 3.95. The Morgan fingerprint density at radius 3 is 2.45 bits per heavy atom. The fraction of sp³-hybridized carbons (Fsp3) is 0.571. The molecule has 2 atom stereocenters. The standard InChI is InChI=1S/C14H21FN2O2S/c1-10-5-3-6-11(2)17(10)20(18,19)14-8-4-7-13(15)12(14)9-16/h4,7-8,10-11H,3,5-6,9,16H2,1-2H3. The van der Waals surface area contributed by atoms with E-state index in [1.54, 1.807) is 0 Å². The van der Waals surface area contributed by atoms with Crippen LogP contribution in [0.4, 0.5) is 4.39 Å². The third-order valence-corrected chi connectivity index (χ3v) is 6.16. The Balaban J connectivity index is 2.52. The van der Waals surface area contributed by atoms with Gasteiger partial charge in [-0.1, -0.05) is 12.5 Å². The number of rotatable bonds is 3. The number of nitrogens with two attached hydrogens (primary N) is 1. The minimum atomic E-state index is -3.71. The molecule has 0 aromatic heterocycles. The van der Waals surface area contributed by atoms with Crippen LogP contribution in [0.3, 0.4) is 0 Å². The highest BCUT2D eigenvalue weighted by atomic mass is 32.2. The molecule has 0 bridgehead atoms. The smallest absolute Gasteiger partial charge is 0.243 e. The fourth-order valence-electron chi connectivity index (χ4n) is 2.96. The van der Waals surface area contributed by atoms with E-state index in [0.29, 0.717) is 0 Å². The zero-order valence-electron chi connectivity index (χ0n) is 11.8. The van der Waals surface area contributed by atoms with E-state index in [1.165, 1.54) is 22.5 Å². The molecular weight excluding hydrogens is 279 g/mol. The zero-order valence-corrected chi connectivity index (χ0v) is 12.7. The summed E-state index contributed by atoms with van der Waals surface area (Å²) in [6, 6.07) is 3.95. The number of benzene rings is 1. The highest BCUT2D eigenvalue weighted by Gasteiger charge is 2.37. The summed E-state index contributed by atoms with van der Waals surface area (Å²) >= 11 is 0. The molecule has 1 fully saturated rings. The Labute approximate surface area is 119 Å². The van der Waals surface area contributed by atoms with Crippen molar-refractivity contribution in [3.8, 4) is 0 Å². The molecule has 20 heavy (non-hydrogen) atoms. The summed E-state index contributed by atoms with van der Waals surface area (Å²) in [4.78, 5) is 0.000556. The van der Waals surface area contributed by atoms with E-state index in [-0.39, 0.29) is 29.1 Å². The molecule has 1 saturated heterocycles. The van der Waals surface area contributed by atoms with Crippen LogP contribution in [0.5, 0.6) is 0 Å². The van der Waals surface area contributed by atoms with Gasteiger partial charge >= 0.3 is 0 Å². The van der Waals surface area contributed by atoms with Gasteiger partial charge in [-0.3, -0.25) is 0 Å². The van der Waals surface area contributed by atoms with Crippen molar-refractivity contribution in [3.05, 3.63) is 29.6 Å². The number of sulfonamides is 1. The van der Waals surface area contributed by atoms with Crippen molar-refractivity contribution in [2.75, 3.05) is 0 Å². The molecule has 1 aliphatic rings. The zero-order chi connectivity index (χ0) is 14.9. The van der Waals surface area contributed by atoms with Gasteiger partial charge in [-0.2, -0.15) is 4.31 Å². The molecule has 1 aromatic rings. The fourth-order valence-corrected chi connectivity index (χ4v) is 5.09. The van der Waals surface area contributed by atoms with E-state index in [2.05, 4.69) is 0 Å². The topological polar surface area (TPSA) is 63.4 Å². The van der Waals surface area contributed by atoms with Gasteiger partial charge in [0, 0.05) is 24.2 Å². The van der Waals surface area contributed by atoms with Gasteiger partial charge in [0.15, 0.2) is 0 Å². The largest absolute Gasteiger partial charge is 0.326 e. The van der Waals surface area contributed by atoms with Crippen molar-refractivity contribution < 1.29 is 12.8 Å². The van der Waals surface area contributed by atoms with Gasteiger partial charge < -0.3 is 5.73 Å². The van der Waals surface area contributed by atoms with Crippen LogP contribution in [0.1, 0.15) is 38.7 Å². The molecular formula is C14H21FN2O2S. The molecule has 1 aliphatic heterocycles. The van der Waals surface area contributed by atoms with E-state index in [9.17, 15) is 12.8 Å². The highest BCUT2D eigenvalue weighted by Crippen LogP contribution is 2.31. The van der Waals surface area contributed by atoms with E-state index >= 15 is 0 Å². The normalized spacial score (nSPS) is 24.8. The summed E-state index contributed by atoms with van der Waals surface area (Å²) < 4.78 is 41.0. The first kappa shape index (κ1) is 15.4. The Morgan fingerprint density at radius 1 is 1.30 bits per heavy atom. The molecule has 1 heterocycles. The molecule has 4 nitrogen and oxygen atoms in total. The van der Waals surface area contributed by atoms with Gasteiger partial charge in [0.05, 0.1) is 4.90 Å². The molecule has 0 aliphatic carbocycles. The van der Waals surface area contributed by atoms with Gasteiger partial charge in [0.25, 0.3) is 0 Å². The predicted molar refractivity (Wildman–Crippen MR) is 76.1 cm³/mol. The quantitative estimate of drug-likeness (QED) is 0.931. The van der Waals surface area contributed by atoms with Gasteiger partial charge in [0.2, 0.25) is 10.0 Å². The summed E-state index contributed by atoms with van der Waals surface area (Å²) in [5.74, 6) is -0.564. The van der Waals surface area contributed by atoms with Crippen LogP contribution in [-0.4, -0.2) is 24.8 Å². The van der Waals surface area contributed by atoms with Crippen molar-refractivity contribution in [3.63, 3.8) is 0 Å². The first-order valence-corrected chi connectivity index (χ1v) is 8.34. The Bertz CT molecular complexity index is 579. The summed E-state index contributed by atoms with van der Waals surface area (Å²) in [5, 5.41) is 0. The second-order valence-corrected chi connectivity index (χ2v) is 7.20. The second kappa shape index (κ2) is 5.79. The van der Waals surface area contributed by atoms with E-state index in [1.807, 2.05) is 13.8 Å². The summed E-state index contributed by atoms with van der Waals surface area (Å²) in [6.45, 7) is 3.67. The van der Waals surface area contributed by atoms with E-state index in [4.69, 9.17) is 5.73 Å². The maximum atomic E-state index is 13.8. The van der Waals surface area contributed by atoms with Gasteiger partial charge in [-0.05, 0) is 38.8 Å². The SMILES string of the molecule is CC1CCCC(C)N1S(=O)(=O)c1cccc(F)c1CN. The lowest BCUT2D eigenvalue weighted by molar-refractivity contribution is 0.204. The molecule has 6 heteroatoms. The Kier molecular flexibility index (Phi) is 4.46. The van der Waals surface area contributed by atoms with Crippen molar-refractivity contribution >= 4 is 10.0 Å². The second-order valence-electron chi connectivity index (χ2n) is 5.38. The molecule has 0 spiro atoms. The van der Waals surface area contributed by atoms with Gasteiger partial charge in [0.1, 0.15) is 5.82 Å². The number of hydrogen-bond donors (Lipinski definition) is 1. The lowest BCUT2D eigenvalue weighted by atomic mass is 10.0. The van der Waals surface area contributed by atoms with Crippen molar-refractivity contribution in [1.29, 1.82) is 0 Å². The minimum absolute atomic E-state index is 0.000556. The molecule has 0 saturated carbocycles. The molecule has 2 unspecified atom stereocenters. The first-order valence-electron chi connectivity index (χ1n) is 6.90. The summed E-state index contributed by atoms with van der Waals surface area (Å²) in [7, 11) is -3.71. The molecule has 0 radical (unpaired) electrons. The molecule has 2 rings (SSSR count). The molecule has 0 amide bonds. The van der Waals surface area contributed by atoms with Crippen LogP contribution in [0.2, 0.25) is 0 Å². The Hall–Kier alpha value is -0.980. The third kappa shape index (κ3) is 2.60. The first-order chi connectivity index (χ1) is 9.39. The number of piperidine rings is 1. The highest BCUT2D eigenvalue weighted by molar-refractivity contribution is 7.89. The number of hydrogen-bond acceptors (Lipinski definition) is 3.